The van der Waals surface area contributed by atoms with Crippen LogP contribution < -0.4 is 14.7 Å². The van der Waals surface area contributed by atoms with Crippen LogP contribution in [0.5, 0.6) is 0 Å². The first-order valence-corrected chi connectivity index (χ1v) is 12.4. The summed E-state index contributed by atoms with van der Waals surface area (Å²) in [7, 11) is 5.54. The minimum absolute atomic E-state index is 0.0645. The van der Waals surface area contributed by atoms with Crippen LogP contribution in [-0.2, 0) is 14.6 Å². The molecule has 0 atom stereocenters. The molecule has 7 nitrogen and oxygen atoms in total. The lowest BCUT2D eigenvalue weighted by Gasteiger charge is -2.23. The van der Waals surface area contributed by atoms with Crippen molar-refractivity contribution in [3.8, 4) is 0 Å². The van der Waals surface area contributed by atoms with Gasteiger partial charge in [0.25, 0.3) is 0 Å². The highest BCUT2D eigenvalue weighted by Crippen LogP contribution is 2.34. The van der Waals surface area contributed by atoms with E-state index in [0.29, 0.717) is 6.54 Å². The molecular weight excluding hydrogens is 450 g/mol. The van der Waals surface area contributed by atoms with Crippen molar-refractivity contribution in [1.29, 1.82) is 0 Å². The first kappa shape index (κ1) is 25.6. The highest BCUT2D eigenvalue weighted by molar-refractivity contribution is 7.80. The van der Waals surface area contributed by atoms with Crippen molar-refractivity contribution in [2.75, 3.05) is 63.1 Å². The second-order valence-corrected chi connectivity index (χ2v) is 9.76. The van der Waals surface area contributed by atoms with Gasteiger partial charge in [0.1, 0.15) is 0 Å². The number of benzene rings is 3. The molecule has 3 aromatic carbocycles. The molecule has 0 amide bonds. The summed E-state index contributed by atoms with van der Waals surface area (Å²) in [5.74, 6) is 0.0645. The molecule has 34 heavy (non-hydrogen) atoms. The summed E-state index contributed by atoms with van der Waals surface area (Å²) in [5.41, 5.74) is 6.77. The van der Waals surface area contributed by atoms with Gasteiger partial charge in [-0.15, -0.1) is 0 Å². The zero-order valence-electron chi connectivity index (χ0n) is 20.3. The van der Waals surface area contributed by atoms with Gasteiger partial charge in [-0.1, -0.05) is 36.4 Å². The van der Waals surface area contributed by atoms with Crippen molar-refractivity contribution in [3.63, 3.8) is 0 Å². The summed E-state index contributed by atoms with van der Waals surface area (Å²) >= 11 is 0. The quantitative estimate of drug-likeness (QED) is 0.341. The van der Waals surface area contributed by atoms with Crippen LogP contribution in [0.3, 0.4) is 0 Å². The maximum Gasteiger partial charge on any atom is 0.397 e. The Labute approximate surface area is 203 Å². The van der Waals surface area contributed by atoms with Crippen LogP contribution in [0.4, 0.5) is 17.1 Å². The van der Waals surface area contributed by atoms with Gasteiger partial charge in [-0.3, -0.25) is 4.55 Å². The van der Waals surface area contributed by atoms with Gasteiger partial charge in [0, 0.05) is 64.8 Å². The van der Waals surface area contributed by atoms with Gasteiger partial charge >= 0.3 is 10.4 Å². The summed E-state index contributed by atoms with van der Waals surface area (Å²) in [5, 5.41) is 0. The first-order valence-electron chi connectivity index (χ1n) is 11.0. The van der Waals surface area contributed by atoms with Gasteiger partial charge < -0.3 is 14.7 Å². The smallest absolute Gasteiger partial charge is 0.378 e. The number of likely N-dealkylation sites (N-methyl/N-ethyl adjacent to an activating group) is 1. The van der Waals surface area contributed by atoms with Crippen molar-refractivity contribution >= 4 is 27.5 Å². The fourth-order valence-corrected chi connectivity index (χ4v) is 4.12. The number of anilines is 3. The van der Waals surface area contributed by atoms with Gasteiger partial charge in [-0.05, 0) is 53.1 Å². The van der Waals surface area contributed by atoms with E-state index in [2.05, 4.69) is 74.6 Å². The zero-order valence-corrected chi connectivity index (χ0v) is 21.2. The molecule has 3 aromatic rings. The lowest BCUT2D eigenvalue weighted by Crippen LogP contribution is -2.23. The van der Waals surface area contributed by atoms with Gasteiger partial charge in [-0.2, -0.15) is 8.42 Å². The Morgan fingerprint density at radius 1 is 0.676 bits per heavy atom. The number of nitrogens with zero attached hydrogens (tertiary/aromatic N) is 3. The number of hydrogen-bond acceptors (Lipinski definition) is 6. The molecule has 3 rings (SSSR count). The third-order valence-electron chi connectivity index (χ3n) is 5.81. The fraction of sp³-hybridized carbons (Fsp3) is 0.308. The largest absolute Gasteiger partial charge is 0.397 e. The van der Waals surface area contributed by atoms with Crippen LogP contribution >= 0.6 is 0 Å². The molecule has 1 N–H and O–H groups in total. The molecule has 0 aliphatic carbocycles. The molecule has 8 heteroatoms. The van der Waals surface area contributed by atoms with E-state index in [9.17, 15) is 8.42 Å². The molecule has 0 aromatic heterocycles. The maximum absolute atomic E-state index is 10.8. The Hall–Kier alpha value is -3.07. The van der Waals surface area contributed by atoms with E-state index in [1.165, 1.54) is 11.1 Å². The SMILES string of the molecule is CN(C)c1ccc(C(c2ccc(N(C)C)cc2)c2ccc(N(C)CCOS(=O)(=O)O)cc2)cc1. The topological polar surface area (TPSA) is 73.3 Å². The summed E-state index contributed by atoms with van der Waals surface area (Å²) in [6.07, 6.45) is 0. The van der Waals surface area contributed by atoms with E-state index < -0.39 is 10.4 Å². The molecule has 0 radical (unpaired) electrons. The minimum atomic E-state index is -4.43. The van der Waals surface area contributed by atoms with Gasteiger partial charge in [0.05, 0.1) is 6.61 Å². The molecule has 0 heterocycles. The van der Waals surface area contributed by atoms with Crippen molar-refractivity contribution < 1.29 is 17.2 Å². The second kappa shape index (κ2) is 10.9. The second-order valence-electron chi connectivity index (χ2n) is 8.67. The van der Waals surface area contributed by atoms with Crippen LogP contribution in [0.25, 0.3) is 0 Å². The van der Waals surface area contributed by atoms with Crippen LogP contribution in [-0.4, -0.2) is 61.4 Å². The van der Waals surface area contributed by atoms with E-state index in [-0.39, 0.29) is 12.5 Å². The average Bonchev–Trinajstić information content (AvgIpc) is 2.79. The molecule has 0 unspecified atom stereocenters. The van der Waals surface area contributed by atoms with Crippen molar-refractivity contribution in [2.45, 2.75) is 5.92 Å². The zero-order chi connectivity index (χ0) is 24.9. The predicted octanol–water partition coefficient (Wildman–Crippen LogP) is 4.25. The molecule has 0 bridgehead atoms. The number of rotatable bonds is 10. The van der Waals surface area contributed by atoms with Gasteiger partial charge in [-0.25, -0.2) is 4.18 Å². The van der Waals surface area contributed by atoms with Crippen LogP contribution in [0, 0.1) is 0 Å². The molecular formula is C26H33N3O4S. The van der Waals surface area contributed by atoms with E-state index in [1.54, 1.807) is 0 Å². The normalized spacial score (nSPS) is 11.5. The molecule has 0 spiro atoms. The minimum Gasteiger partial charge on any atom is -0.378 e. The van der Waals surface area contributed by atoms with E-state index in [0.717, 1.165) is 22.6 Å². The Morgan fingerprint density at radius 2 is 1.03 bits per heavy atom. The lowest BCUT2D eigenvalue weighted by molar-refractivity contribution is 0.274. The molecule has 182 valence electrons. The Kier molecular flexibility index (Phi) is 8.19. The van der Waals surface area contributed by atoms with Gasteiger partial charge in [0.15, 0.2) is 0 Å². The molecule has 0 fully saturated rings. The van der Waals surface area contributed by atoms with Crippen LogP contribution in [0.1, 0.15) is 22.6 Å². The highest BCUT2D eigenvalue weighted by Gasteiger charge is 2.18. The Bertz CT molecular complexity index is 1110. The summed E-state index contributed by atoms with van der Waals surface area (Å²) < 4.78 is 34.7. The third kappa shape index (κ3) is 6.72. The van der Waals surface area contributed by atoms with Crippen molar-refractivity contribution in [2.24, 2.45) is 0 Å². The maximum atomic E-state index is 10.8. The van der Waals surface area contributed by atoms with Crippen LogP contribution in [0.15, 0.2) is 72.8 Å². The van der Waals surface area contributed by atoms with E-state index in [4.69, 9.17) is 4.55 Å². The first-order chi connectivity index (χ1) is 16.0. The standard InChI is InChI=1S/C26H33N3O4S/c1-27(2)23-12-6-20(7-13-23)26(21-8-14-24(15-9-21)28(3)4)22-10-16-25(17-11-22)29(5)18-19-33-34(30,31)32/h6-17,26H,18-19H2,1-5H3,(H,30,31,32). The summed E-state index contributed by atoms with van der Waals surface area (Å²) in [4.78, 5) is 6.05. The molecule has 0 saturated carbocycles. The summed E-state index contributed by atoms with van der Waals surface area (Å²) in [6.45, 7) is 0.191. The van der Waals surface area contributed by atoms with Crippen molar-refractivity contribution in [1.82, 2.24) is 0 Å². The van der Waals surface area contributed by atoms with Crippen LogP contribution in [0.2, 0.25) is 0 Å². The Morgan fingerprint density at radius 3 is 1.35 bits per heavy atom. The molecule has 0 aliphatic rings. The lowest BCUT2D eigenvalue weighted by atomic mass is 9.85. The molecule has 0 aliphatic heterocycles. The van der Waals surface area contributed by atoms with E-state index >= 15 is 0 Å². The fourth-order valence-electron chi connectivity index (χ4n) is 3.84. The third-order valence-corrected chi connectivity index (χ3v) is 6.28. The Balaban J connectivity index is 1.89. The average molecular weight is 484 g/mol. The molecule has 0 saturated heterocycles. The van der Waals surface area contributed by atoms with Crippen molar-refractivity contribution in [3.05, 3.63) is 89.5 Å². The predicted molar refractivity (Wildman–Crippen MR) is 140 cm³/mol. The highest BCUT2D eigenvalue weighted by atomic mass is 32.3. The van der Waals surface area contributed by atoms with E-state index in [1.807, 2.05) is 52.3 Å². The summed E-state index contributed by atoms with van der Waals surface area (Å²) in [6, 6.07) is 25.4. The monoisotopic (exact) mass is 483 g/mol. The van der Waals surface area contributed by atoms with Gasteiger partial charge in [0.2, 0.25) is 0 Å². The number of hydrogen-bond donors (Lipinski definition) is 1.